The SMILES string of the molecule is Cc1ncsc1CN(Cc1cccc(Cl)c1)CC1CCNC1. The molecule has 22 heavy (non-hydrogen) atoms. The first-order valence-electron chi connectivity index (χ1n) is 7.77. The number of nitrogens with zero attached hydrogens (tertiary/aromatic N) is 2. The Kier molecular flexibility index (Phi) is 5.47. The molecule has 1 N–H and O–H groups in total. The zero-order valence-corrected chi connectivity index (χ0v) is 14.5. The second-order valence-electron chi connectivity index (χ2n) is 6.02. The molecule has 1 aromatic carbocycles. The van der Waals surface area contributed by atoms with E-state index in [0.29, 0.717) is 0 Å². The topological polar surface area (TPSA) is 28.2 Å². The molecule has 1 aliphatic heterocycles. The van der Waals surface area contributed by atoms with E-state index in [1.807, 2.05) is 17.6 Å². The highest BCUT2D eigenvalue weighted by Crippen LogP contribution is 2.20. The molecule has 3 rings (SSSR count). The zero-order chi connectivity index (χ0) is 15.4. The molecule has 1 atom stereocenters. The lowest BCUT2D eigenvalue weighted by Gasteiger charge is -2.25. The first-order valence-corrected chi connectivity index (χ1v) is 9.03. The molecular formula is C17H22ClN3S. The zero-order valence-electron chi connectivity index (χ0n) is 12.9. The second-order valence-corrected chi connectivity index (χ2v) is 7.40. The van der Waals surface area contributed by atoms with Crippen molar-refractivity contribution in [3.05, 3.63) is 50.9 Å². The number of halogens is 1. The summed E-state index contributed by atoms with van der Waals surface area (Å²) in [5, 5.41) is 4.28. The average molecular weight is 336 g/mol. The number of benzene rings is 1. The van der Waals surface area contributed by atoms with Crippen LogP contribution in [0.5, 0.6) is 0 Å². The smallest absolute Gasteiger partial charge is 0.0798 e. The number of hydrogen-bond acceptors (Lipinski definition) is 4. The summed E-state index contributed by atoms with van der Waals surface area (Å²) in [5.41, 5.74) is 4.38. The maximum atomic E-state index is 6.13. The first kappa shape index (κ1) is 15.9. The molecule has 0 spiro atoms. The standard InChI is InChI=1S/C17H22ClN3S/c1-13-17(22-12-20-13)11-21(10-15-5-6-19-8-15)9-14-3-2-4-16(18)7-14/h2-4,7,12,15,19H,5-6,8-11H2,1H3. The van der Waals surface area contributed by atoms with Crippen molar-refractivity contribution in [1.29, 1.82) is 0 Å². The molecule has 3 nitrogen and oxygen atoms in total. The van der Waals surface area contributed by atoms with Gasteiger partial charge >= 0.3 is 0 Å². The Morgan fingerprint density at radius 3 is 3.00 bits per heavy atom. The van der Waals surface area contributed by atoms with Crippen LogP contribution in [0.25, 0.3) is 0 Å². The highest BCUT2D eigenvalue weighted by molar-refractivity contribution is 7.09. The second kappa shape index (κ2) is 7.55. The summed E-state index contributed by atoms with van der Waals surface area (Å²) in [6, 6.07) is 8.20. The Labute approximate surface area is 141 Å². The number of nitrogens with one attached hydrogen (secondary N) is 1. The Morgan fingerprint density at radius 1 is 1.41 bits per heavy atom. The first-order chi connectivity index (χ1) is 10.7. The maximum Gasteiger partial charge on any atom is 0.0798 e. The number of aryl methyl sites for hydroxylation is 1. The molecule has 0 radical (unpaired) electrons. The van der Waals surface area contributed by atoms with Gasteiger partial charge in [-0.25, -0.2) is 4.98 Å². The van der Waals surface area contributed by atoms with Gasteiger partial charge in [-0.2, -0.15) is 0 Å². The lowest BCUT2D eigenvalue weighted by atomic mass is 10.1. The van der Waals surface area contributed by atoms with Gasteiger partial charge < -0.3 is 5.32 Å². The van der Waals surface area contributed by atoms with E-state index in [-0.39, 0.29) is 0 Å². The van der Waals surface area contributed by atoms with Crippen molar-refractivity contribution in [3.63, 3.8) is 0 Å². The molecule has 0 aliphatic carbocycles. The van der Waals surface area contributed by atoms with Crippen LogP contribution < -0.4 is 5.32 Å². The van der Waals surface area contributed by atoms with Gasteiger partial charge in [0, 0.05) is 29.5 Å². The van der Waals surface area contributed by atoms with E-state index in [4.69, 9.17) is 11.6 Å². The fourth-order valence-corrected chi connectivity index (χ4v) is 4.03. The Morgan fingerprint density at radius 2 is 2.32 bits per heavy atom. The predicted molar refractivity (Wildman–Crippen MR) is 93.4 cm³/mol. The average Bonchev–Trinajstić information content (AvgIpc) is 3.12. The summed E-state index contributed by atoms with van der Waals surface area (Å²) in [5.74, 6) is 0.743. The molecule has 1 saturated heterocycles. The van der Waals surface area contributed by atoms with E-state index in [2.05, 4.69) is 34.3 Å². The van der Waals surface area contributed by atoms with Crippen molar-refractivity contribution in [2.75, 3.05) is 19.6 Å². The van der Waals surface area contributed by atoms with Crippen molar-refractivity contribution in [2.24, 2.45) is 5.92 Å². The van der Waals surface area contributed by atoms with Crippen LogP contribution in [-0.4, -0.2) is 29.5 Å². The molecule has 1 fully saturated rings. The van der Waals surface area contributed by atoms with E-state index < -0.39 is 0 Å². The van der Waals surface area contributed by atoms with Gasteiger partial charge in [-0.15, -0.1) is 11.3 Å². The molecule has 1 aliphatic rings. The van der Waals surface area contributed by atoms with Gasteiger partial charge in [-0.05, 0) is 50.0 Å². The van der Waals surface area contributed by atoms with Crippen molar-refractivity contribution in [3.8, 4) is 0 Å². The quantitative estimate of drug-likeness (QED) is 0.872. The summed E-state index contributed by atoms with van der Waals surface area (Å²) >= 11 is 7.89. The van der Waals surface area contributed by atoms with E-state index in [1.165, 1.54) is 16.9 Å². The van der Waals surface area contributed by atoms with E-state index in [9.17, 15) is 0 Å². The summed E-state index contributed by atoms with van der Waals surface area (Å²) in [7, 11) is 0. The minimum Gasteiger partial charge on any atom is -0.316 e. The van der Waals surface area contributed by atoms with Crippen LogP contribution >= 0.6 is 22.9 Å². The van der Waals surface area contributed by atoms with Crippen LogP contribution in [0.1, 0.15) is 22.6 Å². The lowest BCUT2D eigenvalue weighted by Crippen LogP contribution is -2.30. The highest BCUT2D eigenvalue weighted by atomic mass is 35.5. The minimum absolute atomic E-state index is 0.743. The molecule has 0 bridgehead atoms. The number of aromatic nitrogens is 1. The van der Waals surface area contributed by atoms with Crippen LogP contribution in [-0.2, 0) is 13.1 Å². The largest absolute Gasteiger partial charge is 0.316 e. The molecule has 0 amide bonds. The Bertz CT molecular complexity index is 607. The number of hydrogen-bond donors (Lipinski definition) is 1. The van der Waals surface area contributed by atoms with Crippen molar-refractivity contribution in [2.45, 2.75) is 26.4 Å². The predicted octanol–water partition coefficient (Wildman–Crippen LogP) is 3.72. The van der Waals surface area contributed by atoms with Gasteiger partial charge in [-0.1, -0.05) is 23.7 Å². The number of thiazole rings is 1. The van der Waals surface area contributed by atoms with Gasteiger partial charge in [0.05, 0.1) is 11.2 Å². The van der Waals surface area contributed by atoms with Crippen LogP contribution in [0.4, 0.5) is 0 Å². The third-order valence-electron chi connectivity index (χ3n) is 4.19. The normalized spacial score (nSPS) is 18.2. The van der Waals surface area contributed by atoms with Crippen molar-refractivity contribution < 1.29 is 0 Å². The summed E-state index contributed by atoms with van der Waals surface area (Å²) in [6.45, 7) is 7.41. The van der Waals surface area contributed by atoms with E-state index in [0.717, 1.165) is 49.4 Å². The molecular weight excluding hydrogens is 314 g/mol. The van der Waals surface area contributed by atoms with E-state index >= 15 is 0 Å². The van der Waals surface area contributed by atoms with Gasteiger partial charge in [-0.3, -0.25) is 4.90 Å². The van der Waals surface area contributed by atoms with Gasteiger partial charge in [0.2, 0.25) is 0 Å². The van der Waals surface area contributed by atoms with E-state index in [1.54, 1.807) is 11.3 Å². The third kappa shape index (κ3) is 4.29. The third-order valence-corrected chi connectivity index (χ3v) is 5.34. The maximum absolute atomic E-state index is 6.13. The fourth-order valence-electron chi connectivity index (χ4n) is 3.00. The van der Waals surface area contributed by atoms with Crippen LogP contribution in [0.2, 0.25) is 5.02 Å². The molecule has 5 heteroatoms. The molecule has 0 saturated carbocycles. The Balaban J connectivity index is 1.71. The Hall–Kier alpha value is -0.940. The molecule has 1 unspecified atom stereocenters. The van der Waals surface area contributed by atoms with Gasteiger partial charge in [0.15, 0.2) is 0 Å². The van der Waals surface area contributed by atoms with Crippen LogP contribution in [0.15, 0.2) is 29.8 Å². The van der Waals surface area contributed by atoms with Crippen molar-refractivity contribution >= 4 is 22.9 Å². The molecule has 1 aromatic heterocycles. The lowest BCUT2D eigenvalue weighted by molar-refractivity contribution is 0.222. The summed E-state index contributed by atoms with van der Waals surface area (Å²) in [6.07, 6.45) is 1.27. The summed E-state index contributed by atoms with van der Waals surface area (Å²) < 4.78 is 0. The summed E-state index contributed by atoms with van der Waals surface area (Å²) in [4.78, 5) is 8.28. The fraction of sp³-hybridized carbons (Fsp3) is 0.471. The van der Waals surface area contributed by atoms with Gasteiger partial charge in [0.25, 0.3) is 0 Å². The van der Waals surface area contributed by atoms with Gasteiger partial charge in [0.1, 0.15) is 0 Å². The molecule has 2 heterocycles. The minimum atomic E-state index is 0.743. The van der Waals surface area contributed by atoms with Crippen LogP contribution in [0, 0.1) is 12.8 Å². The van der Waals surface area contributed by atoms with Crippen LogP contribution in [0.3, 0.4) is 0 Å². The molecule has 118 valence electrons. The highest BCUT2D eigenvalue weighted by Gasteiger charge is 2.19. The molecule has 2 aromatic rings. The monoisotopic (exact) mass is 335 g/mol. The van der Waals surface area contributed by atoms with Crippen molar-refractivity contribution in [1.82, 2.24) is 15.2 Å². The number of rotatable bonds is 6.